The van der Waals surface area contributed by atoms with E-state index in [-0.39, 0.29) is 23.3 Å². The van der Waals surface area contributed by atoms with Crippen LogP contribution in [-0.4, -0.2) is 34.6 Å². The van der Waals surface area contributed by atoms with Gasteiger partial charge in [-0.2, -0.15) is 4.72 Å². The Bertz CT molecular complexity index is 1280. The van der Waals surface area contributed by atoms with E-state index in [4.69, 9.17) is 9.47 Å². The number of benzene rings is 3. The van der Waals surface area contributed by atoms with Gasteiger partial charge in [-0.3, -0.25) is 4.79 Å². The first kappa shape index (κ1) is 24.8. The molecule has 3 aromatic rings. The van der Waals surface area contributed by atoms with E-state index in [9.17, 15) is 13.2 Å². The summed E-state index contributed by atoms with van der Waals surface area (Å²) in [7, 11) is -1.11. The molecule has 0 bridgehead atoms. The molecule has 7 nitrogen and oxygen atoms in total. The molecule has 1 aliphatic carbocycles. The predicted octanol–water partition coefficient (Wildman–Crippen LogP) is 3.79. The Kier molecular flexibility index (Phi) is 7.73. The van der Waals surface area contributed by atoms with Gasteiger partial charge in [-0.25, -0.2) is 8.42 Å². The fourth-order valence-corrected chi connectivity index (χ4v) is 5.66. The van der Waals surface area contributed by atoms with Gasteiger partial charge in [0.1, 0.15) is 6.04 Å². The lowest BCUT2D eigenvalue weighted by atomic mass is 9.87. The highest BCUT2D eigenvalue weighted by Gasteiger charge is 2.30. The Morgan fingerprint density at radius 2 is 1.69 bits per heavy atom. The van der Waals surface area contributed by atoms with E-state index in [1.54, 1.807) is 0 Å². The zero-order valence-electron chi connectivity index (χ0n) is 19.9. The Labute approximate surface area is 206 Å². The second-order valence-electron chi connectivity index (χ2n) is 8.53. The van der Waals surface area contributed by atoms with Crippen LogP contribution in [0.4, 0.5) is 0 Å². The third-order valence-corrected chi connectivity index (χ3v) is 7.72. The molecule has 0 fully saturated rings. The maximum absolute atomic E-state index is 13.5. The van der Waals surface area contributed by atoms with E-state index >= 15 is 0 Å². The van der Waals surface area contributed by atoms with Gasteiger partial charge in [-0.15, -0.1) is 0 Å². The number of ether oxygens (including phenoxy) is 2. The molecule has 1 aliphatic rings. The minimum absolute atomic E-state index is 0.0102. The molecule has 1 amide bonds. The van der Waals surface area contributed by atoms with E-state index < -0.39 is 16.1 Å². The average Bonchev–Trinajstić information content (AvgIpc) is 2.88. The first-order valence-corrected chi connectivity index (χ1v) is 13.1. The molecule has 0 saturated heterocycles. The van der Waals surface area contributed by atoms with Crippen molar-refractivity contribution >= 4 is 15.9 Å². The van der Waals surface area contributed by atoms with Crippen LogP contribution in [0.5, 0.6) is 11.5 Å². The molecule has 0 unspecified atom stereocenters. The van der Waals surface area contributed by atoms with Crippen LogP contribution < -0.4 is 19.5 Å². The van der Waals surface area contributed by atoms with E-state index in [0.29, 0.717) is 11.5 Å². The molecule has 2 atom stereocenters. The minimum Gasteiger partial charge on any atom is -0.493 e. The van der Waals surface area contributed by atoms with Crippen molar-refractivity contribution < 1.29 is 22.7 Å². The molecule has 4 rings (SSSR count). The molecular weight excluding hydrogens is 464 g/mol. The van der Waals surface area contributed by atoms with Gasteiger partial charge < -0.3 is 14.8 Å². The average molecular weight is 495 g/mol. The fourth-order valence-electron chi connectivity index (χ4n) is 4.45. The summed E-state index contributed by atoms with van der Waals surface area (Å²) < 4.78 is 39.7. The normalized spacial score (nSPS) is 16.1. The van der Waals surface area contributed by atoms with Crippen LogP contribution >= 0.6 is 0 Å². The number of carbonyl (C=O) groups is 1. The molecule has 0 aromatic heterocycles. The third-order valence-electron chi connectivity index (χ3n) is 6.25. The molecule has 0 spiro atoms. The number of sulfonamides is 1. The maximum Gasteiger partial charge on any atom is 0.241 e. The van der Waals surface area contributed by atoms with Crippen LogP contribution in [0.1, 0.15) is 35.6 Å². The number of nitrogens with one attached hydrogen (secondary N) is 2. The van der Waals surface area contributed by atoms with Crippen LogP contribution in [-0.2, 0) is 27.7 Å². The molecule has 0 saturated carbocycles. The molecule has 8 heteroatoms. The van der Waals surface area contributed by atoms with E-state index in [0.717, 1.165) is 30.4 Å². The minimum atomic E-state index is -4.03. The quantitative estimate of drug-likeness (QED) is 0.472. The molecule has 0 radical (unpaired) electrons. The molecule has 35 heavy (non-hydrogen) atoms. The molecule has 2 N–H and O–H groups in total. The highest BCUT2D eigenvalue weighted by molar-refractivity contribution is 7.89. The molecule has 184 valence electrons. The van der Waals surface area contributed by atoms with Crippen LogP contribution in [0.3, 0.4) is 0 Å². The molecular formula is C27H30N2O5S. The van der Waals surface area contributed by atoms with Crippen LogP contribution in [0.15, 0.2) is 77.7 Å². The first-order valence-electron chi connectivity index (χ1n) is 11.6. The molecule has 3 aromatic carbocycles. The zero-order chi connectivity index (χ0) is 24.8. The lowest BCUT2D eigenvalue weighted by Gasteiger charge is -2.28. The number of amides is 1. The summed E-state index contributed by atoms with van der Waals surface area (Å²) in [5.74, 6) is 0.346. The van der Waals surface area contributed by atoms with Crippen molar-refractivity contribution in [2.75, 3.05) is 14.2 Å². The van der Waals surface area contributed by atoms with Crippen LogP contribution in [0.25, 0.3) is 0 Å². The van der Waals surface area contributed by atoms with Crippen LogP contribution in [0, 0.1) is 0 Å². The van der Waals surface area contributed by atoms with Crippen molar-refractivity contribution in [2.24, 2.45) is 0 Å². The van der Waals surface area contributed by atoms with E-state index in [1.165, 1.54) is 38.0 Å². The second-order valence-corrected chi connectivity index (χ2v) is 10.2. The number of fused-ring (bicyclic) bond motifs is 1. The number of methoxy groups -OCH3 is 2. The number of hydrogen-bond acceptors (Lipinski definition) is 5. The summed E-state index contributed by atoms with van der Waals surface area (Å²) in [4.78, 5) is 13.5. The third kappa shape index (κ3) is 5.83. The lowest BCUT2D eigenvalue weighted by Crippen LogP contribution is -2.49. The highest BCUT2D eigenvalue weighted by atomic mass is 32.2. The van der Waals surface area contributed by atoms with Crippen molar-refractivity contribution in [3.8, 4) is 11.5 Å². The van der Waals surface area contributed by atoms with Gasteiger partial charge in [0.2, 0.25) is 15.9 Å². The van der Waals surface area contributed by atoms with Crippen molar-refractivity contribution in [3.63, 3.8) is 0 Å². The van der Waals surface area contributed by atoms with Crippen molar-refractivity contribution in [2.45, 2.75) is 42.7 Å². The van der Waals surface area contributed by atoms with Gasteiger partial charge in [0.05, 0.1) is 25.2 Å². The summed E-state index contributed by atoms with van der Waals surface area (Å²) >= 11 is 0. The summed E-state index contributed by atoms with van der Waals surface area (Å²) in [6, 6.07) is 20.6. The topological polar surface area (TPSA) is 93.7 Å². The van der Waals surface area contributed by atoms with Gasteiger partial charge >= 0.3 is 0 Å². The Hall–Kier alpha value is -3.36. The number of carbonyl (C=O) groups excluding carboxylic acids is 1. The largest absolute Gasteiger partial charge is 0.493 e. The van der Waals surface area contributed by atoms with E-state index in [1.807, 2.05) is 48.5 Å². The second kappa shape index (κ2) is 10.9. The van der Waals surface area contributed by atoms with Gasteiger partial charge in [0.15, 0.2) is 11.5 Å². The Morgan fingerprint density at radius 1 is 0.971 bits per heavy atom. The maximum atomic E-state index is 13.5. The van der Waals surface area contributed by atoms with Crippen molar-refractivity contribution in [1.29, 1.82) is 0 Å². The number of aryl methyl sites for hydroxylation is 1. The lowest BCUT2D eigenvalue weighted by molar-refractivity contribution is -0.123. The van der Waals surface area contributed by atoms with Crippen molar-refractivity contribution in [3.05, 3.63) is 89.5 Å². The Balaban J connectivity index is 1.60. The van der Waals surface area contributed by atoms with Crippen molar-refractivity contribution in [1.82, 2.24) is 10.0 Å². The molecule has 0 aliphatic heterocycles. The van der Waals surface area contributed by atoms with Gasteiger partial charge in [0, 0.05) is 6.07 Å². The zero-order valence-corrected chi connectivity index (χ0v) is 20.7. The standard InChI is InChI=1S/C27H30N2O5S/c1-33-25-16-15-21(18-26(25)34-2)35(31,32)29-24(17-19-9-4-3-5-10-19)27(30)28-23-14-8-12-20-11-6-7-13-22(20)23/h3-7,9-11,13,15-16,18,23-24,29H,8,12,14,17H2,1-2H3,(H,28,30)/t23-,24-/m0/s1. The number of rotatable bonds is 9. The smallest absolute Gasteiger partial charge is 0.241 e. The number of hydrogen-bond donors (Lipinski definition) is 2. The fraction of sp³-hybridized carbons (Fsp3) is 0.296. The van der Waals surface area contributed by atoms with Gasteiger partial charge in [-0.1, -0.05) is 54.6 Å². The monoisotopic (exact) mass is 494 g/mol. The Morgan fingerprint density at radius 3 is 2.43 bits per heavy atom. The van der Waals surface area contributed by atoms with Crippen LogP contribution in [0.2, 0.25) is 0 Å². The SMILES string of the molecule is COc1ccc(S(=O)(=O)N[C@@H](Cc2ccccc2)C(=O)N[C@H]2CCCc3ccccc32)cc1OC. The summed E-state index contributed by atoms with van der Waals surface area (Å²) in [5, 5.41) is 3.10. The molecule has 0 heterocycles. The van der Waals surface area contributed by atoms with Gasteiger partial charge in [-0.05, 0) is 54.5 Å². The van der Waals surface area contributed by atoms with Gasteiger partial charge in [0.25, 0.3) is 0 Å². The summed E-state index contributed by atoms with van der Waals surface area (Å²) in [6.45, 7) is 0. The first-order chi connectivity index (χ1) is 16.9. The predicted molar refractivity (Wildman–Crippen MR) is 134 cm³/mol. The van der Waals surface area contributed by atoms with E-state index in [2.05, 4.69) is 16.1 Å². The summed E-state index contributed by atoms with van der Waals surface area (Å²) in [5.41, 5.74) is 3.16. The summed E-state index contributed by atoms with van der Waals surface area (Å²) in [6.07, 6.45) is 2.96. The highest BCUT2D eigenvalue weighted by Crippen LogP contribution is 2.31.